The van der Waals surface area contributed by atoms with Gasteiger partial charge in [-0.25, -0.2) is 0 Å². The zero-order chi connectivity index (χ0) is 49.9. The Morgan fingerprint density at radius 2 is 0.930 bits per heavy atom. The first-order valence-electron chi connectivity index (χ1n) is 27.3. The van der Waals surface area contributed by atoms with Crippen molar-refractivity contribution in [2.45, 2.75) is 180 Å². The van der Waals surface area contributed by atoms with Gasteiger partial charge in [0.25, 0.3) is 0 Å². The van der Waals surface area contributed by atoms with Gasteiger partial charge in [0.1, 0.15) is 0 Å². The SMILES string of the molecule is Cc1cc2c(cc1N1c3cc4c(cc3B3c5c(cc6ccccc6c51)-c1cc5c(cc1N3c1ccc3c(c1)C(C)(C)CCC3(C)C)C(C)(C)CCC5(C)C)C(C)(C)c1ccccc1-4)C(C)(C)CCC2(C)C. The number of anilines is 5. The molecule has 2 aliphatic heterocycles. The summed E-state index contributed by atoms with van der Waals surface area (Å²) in [5, 5.41) is 2.61. The Morgan fingerprint density at radius 1 is 0.394 bits per heavy atom. The van der Waals surface area contributed by atoms with E-state index in [1.54, 1.807) is 0 Å². The van der Waals surface area contributed by atoms with Crippen LogP contribution in [0.4, 0.5) is 28.4 Å². The van der Waals surface area contributed by atoms with Gasteiger partial charge in [-0.2, -0.15) is 0 Å². The molecule has 0 aromatic heterocycles. The molecule has 0 spiro atoms. The van der Waals surface area contributed by atoms with Crippen LogP contribution in [-0.2, 0) is 37.9 Å². The maximum atomic E-state index is 2.86. The van der Waals surface area contributed by atoms with Crippen LogP contribution >= 0.6 is 0 Å². The predicted molar refractivity (Wildman–Crippen MR) is 306 cm³/mol. The van der Waals surface area contributed by atoms with E-state index in [1.807, 2.05) is 0 Å². The normalized spacial score (nSPS) is 21.3. The Hall–Kier alpha value is -5.54. The van der Waals surface area contributed by atoms with Crippen LogP contribution in [-0.4, -0.2) is 6.85 Å². The summed E-state index contributed by atoms with van der Waals surface area (Å²) in [5.74, 6) is 0. The van der Waals surface area contributed by atoms with Crippen molar-refractivity contribution in [2.75, 3.05) is 9.71 Å². The smallest absolute Gasteiger partial charge is 0.333 e. The van der Waals surface area contributed by atoms with Crippen molar-refractivity contribution in [3.8, 4) is 22.3 Å². The van der Waals surface area contributed by atoms with Gasteiger partial charge in [-0.1, -0.05) is 164 Å². The zero-order valence-electron chi connectivity index (χ0n) is 45.6. The van der Waals surface area contributed by atoms with Crippen molar-refractivity contribution in [3.05, 3.63) is 159 Å². The van der Waals surface area contributed by atoms with Gasteiger partial charge in [-0.05, 0) is 203 Å². The van der Waals surface area contributed by atoms with Crippen LogP contribution < -0.4 is 20.6 Å². The van der Waals surface area contributed by atoms with Crippen LogP contribution in [0.3, 0.4) is 0 Å². The molecule has 71 heavy (non-hydrogen) atoms. The number of hydrogen-bond acceptors (Lipinski definition) is 2. The fourth-order valence-corrected chi connectivity index (χ4v) is 15.2. The molecule has 0 radical (unpaired) electrons. The highest BCUT2D eigenvalue weighted by atomic mass is 15.2. The minimum atomic E-state index is -0.164. The molecule has 2 nitrogen and oxygen atoms in total. The van der Waals surface area contributed by atoms with E-state index in [9.17, 15) is 0 Å². The molecule has 0 saturated carbocycles. The van der Waals surface area contributed by atoms with Crippen molar-refractivity contribution in [1.29, 1.82) is 0 Å². The molecule has 4 aliphatic carbocycles. The fourth-order valence-electron chi connectivity index (χ4n) is 15.2. The van der Waals surface area contributed by atoms with Gasteiger partial charge in [-0.15, -0.1) is 0 Å². The molecule has 6 aliphatic rings. The summed E-state index contributed by atoms with van der Waals surface area (Å²) in [6, 6.07) is 44.8. The summed E-state index contributed by atoms with van der Waals surface area (Å²) in [4.78, 5) is 5.64. The standard InChI is InChI=1S/C68H75BN2/c1-40-32-51-54(66(10,11)30-28-63(51,4)5)38-57(40)70-59-36-45-44-22-18-19-23-48(44)68(14,15)50(45)37-56(59)69-60-47(33-41-20-16-17-21-43(41)61(60)70)46-35-53-55(67(12,13)31-29-65(53,8)9)39-58(46)71(69)42-24-25-49-52(34-42)64(6,7)27-26-62(49,2)3/h16-25,32-39H,26-31H2,1-15H3. The van der Waals surface area contributed by atoms with Crippen molar-refractivity contribution >= 4 is 57.0 Å². The first-order valence-corrected chi connectivity index (χ1v) is 27.3. The monoisotopic (exact) mass is 931 g/mol. The van der Waals surface area contributed by atoms with E-state index in [-0.39, 0.29) is 44.8 Å². The second kappa shape index (κ2) is 14.1. The van der Waals surface area contributed by atoms with Crippen LogP contribution in [0.1, 0.15) is 186 Å². The number of hydrogen-bond donors (Lipinski definition) is 0. The molecule has 0 N–H and O–H groups in total. The lowest BCUT2D eigenvalue weighted by Gasteiger charge is -2.49. The number of benzene rings is 7. The summed E-state index contributed by atoms with van der Waals surface area (Å²) >= 11 is 0. The number of rotatable bonds is 2. The lowest BCUT2D eigenvalue weighted by molar-refractivity contribution is 0.332. The largest absolute Gasteiger partial charge is 0.376 e. The molecule has 0 unspecified atom stereocenters. The molecular formula is C68H75BN2. The number of nitrogens with zero attached hydrogens (tertiary/aromatic N) is 2. The van der Waals surface area contributed by atoms with Gasteiger partial charge in [0.2, 0.25) is 0 Å². The van der Waals surface area contributed by atoms with E-state index in [2.05, 4.69) is 223 Å². The molecule has 0 saturated heterocycles. The highest BCUT2D eigenvalue weighted by molar-refractivity contribution is 6.94. The minimum absolute atomic E-state index is 0.0481. The molecule has 13 rings (SSSR count). The minimum Gasteiger partial charge on any atom is -0.376 e. The van der Waals surface area contributed by atoms with E-state index in [1.165, 1.54) is 161 Å². The Labute approximate surface area is 426 Å². The van der Waals surface area contributed by atoms with Crippen LogP contribution in [0.15, 0.2) is 109 Å². The summed E-state index contributed by atoms with van der Waals surface area (Å²) < 4.78 is 0. The molecule has 7 aromatic rings. The third-order valence-electron chi connectivity index (χ3n) is 20.1. The zero-order valence-corrected chi connectivity index (χ0v) is 45.6. The Morgan fingerprint density at radius 3 is 1.58 bits per heavy atom. The van der Waals surface area contributed by atoms with Crippen LogP contribution in [0.2, 0.25) is 0 Å². The van der Waals surface area contributed by atoms with Gasteiger partial charge in [0, 0.05) is 39.1 Å². The lowest BCUT2D eigenvalue weighted by Crippen LogP contribution is -2.62. The summed E-state index contributed by atoms with van der Waals surface area (Å²) in [5.41, 5.74) is 28.4. The van der Waals surface area contributed by atoms with E-state index in [4.69, 9.17) is 0 Å². The predicted octanol–water partition coefficient (Wildman–Crippen LogP) is 17.2. The Balaban J connectivity index is 1.21. The molecule has 360 valence electrons. The van der Waals surface area contributed by atoms with Crippen LogP contribution in [0.25, 0.3) is 33.0 Å². The Kier molecular flexibility index (Phi) is 9.03. The molecule has 0 atom stereocenters. The van der Waals surface area contributed by atoms with E-state index >= 15 is 0 Å². The number of aryl methyl sites for hydroxylation is 1. The molecule has 0 amide bonds. The third kappa shape index (κ3) is 6.14. The Bertz CT molecular complexity index is 3500. The van der Waals surface area contributed by atoms with Gasteiger partial charge < -0.3 is 9.71 Å². The quantitative estimate of drug-likeness (QED) is 0.159. The summed E-state index contributed by atoms with van der Waals surface area (Å²) in [7, 11) is 0. The van der Waals surface area contributed by atoms with E-state index < -0.39 is 0 Å². The topological polar surface area (TPSA) is 6.48 Å². The van der Waals surface area contributed by atoms with Gasteiger partial charge in [-0.3, -0.25) is 0 Å². The van der Waals surface area contributed by atoms with Gasteiger partial charge in [0.15, 0.2) is 0 Å². The third-order valence-corrected chi connectivity index (χ3v) is 20.1. The molecule has 0 fully saturated rings. The van der Waals surface area contributed by atoms with Crippen molar-refractivity contribution in [1.82, 2.24) is 0 Å². The van der Waals surface area contributed by atoms with Crippen LogP contribution in [0, 0.1) is 6.92 Å². The second-order valence-corrected chi connectivity index (χ2v) is 27.8. The second-order valence-electron chi connectivity index (χ2n) is 27.8. The van der Waals surface area contributed by atoms with Crippen molar-refractivity contribution in [2.24, 2.45) is 0 Å². The molecule has 7 aromatic carbocycles. The summed E-state index contributed by atoms with van der Waals surface area (Å²) in [6.07, 6.45) is 7.11. The average Bonchev–Trinajstić information content (AvgIpc) is 3.54. The molecule has 3 heteroatoms. The highest BCUT2D eigenvalue weighted by Crippen LogP contribution is 2.58. The summed E-state index contributed by atoms with van der Waals surface area (Å²) in [6.45, 7) is 37.1. The van der Waals surface area contributed by atoms with Gasteiger partial charge in [0.05, 0.1) is 5.69 Å². The average molecular weight is 931 g/mol. The van der Waals surface area contributed by atoms with Crippen molar-refractivity contribution in [3.63, 3.8) is 0 Å². The maximum Gasteiger partial charge on any atom is 0.333 e. The maximum absolute atomic E-state index is 2.86. The lowest BCUT2D eigenvalue weighted by atomic mass is 9.42. The molecule has 2 heterocycles. The van der Waals surface area contributed by atoms with E-state index in [0.717, 1.165) is 0 Å². The molecule has 0 bridgehead atoms. The highest BCUT2D eigenvalue weighted by Gasteiger charge is 2.51. The fraction of sp³-hybridized carbons (Fsp3) is 0.412. The van der Waals surface area contributed by atoms with Crippen molar-refractivity contribution < 1.29 is 0 Å². The van der Waals surface area contributed by atoms with Crippen LogP contribution in [0.5, 0.6) is 0 Å². The van der Waals surface area contributed by atoms with E-state index in [0.29, 0.717) is 0 Å². The number of fused-ring (bicyclic) bond motifs is 12. The molecular weight excluding hydrogens is 856 g/mol. The van der Waals surface area contributed by atoms with Gasteiger partial charge >= 0.3 is 6.85 Å². The first-order chi connectivity index (χ1) is 33.3. The first kappa shape index (κ1) is 45.3.